The molecule has 1 saturated heterocycles. The zero-order valence-corrected chi connectivity index (χ0v) is 23.6. The molecule has 2 fully saturated rings. The van der Waals surface area contributed by atoms with Crippen LogP contribution in [-0.2, 0) is 15.9 Å². The molecule has 43 heavy (non-hydrogen) atoms. The lowest BCUT2D eigenvalue weighted by Crippen LogP contribution is -2.62. The lowest BCUT2D eigenvalue weighted by molar-refractivity contribution is -0.325. The van der Waals surface area contributed by atoms with E-state index in [-0.39, 0.29) is 42.1 Å². The summed E-state index contributed by atoms with van der Waals surface area (Å²) in [6.45, 7) is 0.915. The number of rotatable bonds is 10. The van der Waals surface area contributed by atoms with Crippen LogP contribution in [0.3, 0.4) is 0 Å². The van der Waals surface area contributed by atoms with Gasteiger partial charge in [-0.2, -0.15) is 0 Å². The lowest BCUT2D eigenvalue weighted by atomic mass is 9.81. The molecular formula is C29H38O14. The number of ketones is 1. The molecule has 2 aliphatic rings. The fraction of sp³-hybridized carbons (Fsp3) is 0.552. The third-order valence-electron chi connectivity index (χ3n) is 7.93. The number of methoxy groups -OCH3 is 1. The number of hydrogen-bond acceptors (Lipinski definition) is 14. The summed E-state index contributed by atoms with van der Waals surface area (Å²) in [4.78, 5) is 12.9. The first-order valence-electron chi connectivity index (χ1n) is 13.8. The van der Waals surface area contributed by atoms with Crippen molar-refractivity contribution in [3.8, 4) is 28.7 Å². The van der Waals surface area contributed by atoms with Gasteiger partial charge in [0.15, 0.2) is 23.6 Å². The predicted octanol–water partition coefficient (Wildman–Crippen LogP) is -0.678. The van der Waals surface area contributed by atoms with Gasteiger partial charge >= 0.3 is 0 Å². The van der Waals surface area contributed by atoms with E-state index < -0.39 is 84.9 Å². The van der Waals surface area contributed by atoms with Crippen LogP contribution in [0, 0.1) is 5.92 Å². The van der Waals surface area contributed by atoms with Crippen molar-refractivity contribution in [2.24, 2.45) is 5.92 Å². The van der Waals surface area contributed by atoms with E-state index in [1.807, 2.05) is 0 Å². The normalized spacial score (nSPS) is 32.7. The second kappa shape index (κ2) is 13.6. The number of benzene rings is 2. The topological polar surface area (TPSA) is 236 Å². The van der Waals surface area contributed by atoms with Crippen LogP contribution in [0.2, 0.25) is 0 Å². The van der Waals surface area contributed by atoms with Crippen molar-refractivity contribution in [3.05, 3.63) is 41.5 Å². The maximum Gasteiger partial charge on any atom is 0.187 e. The smallest absolute Gasteiger partial charge is 0.187 e. The fourth-order valence-electron chi connectivity index (χ4n) is 5.40. The van der Waals surface area contributed by atoms with Gasteiger partial charge in [0.1, 0.15) is 59.4 Å². The number of aliphatic hydroxyl groups is 6. The highest BCUT2D eigenvalue weighted by atomic mass is 16.7. The van der Waals surface area contributed by atoms with Crippen LogP contribution in [0.25, 0.3) is 0 Å². The molecule has 1 saturated carbocycles. The van der Waals surface area contributed by atoms with Crippen molar-refractivity contribution < 1.29 is 69.7 Å². The van der Waals surface area contributed by atoms with E-state index in [1.165, 1.54) is 20.1 Å². The van der Waals surface area contributed by atoms with Gasteiger partial charge in [-0.05, 0) is 37.5 Å². The number of aromatic hydroxyl groups is 3. The summed E-state index contributed by atoms with van der Waals surface area (Å²) in [5, 5.41) is 92.8. The minimum atomic E-state index is -1.72. The molecule has 4 rings (SSSR count). The lowest BCUT2D eigenvalue weighted by Gasteiger charge is -2.45. The molecule has 9 N–H and O–H groups in total. The molecule has 14 nitrogen and oxygen atoms in total. The van der Waals surface area contributed by atoms with Crippen LogP contribution in [0.1, 0.15) is 35.7 Å². The Morgan fingerprint density at radius 3 is 2.19 bits per heavy atom. The molecule has 0 radical (unpaired) electrons. The van der Waals surface area contributed by atoms with Crippen molar-refractivity contribution in [2.75, 3.05) is 13.7 Å². The largest absolute Gasteiger partial charge is 0.507 e. The maximum absolute atomic E-state index is 12.9. The summed E-state index contributed by atoms with van der Waals surface area (Å²) in [5.41, 5.74) is 0.266. The van der Waals surface area contributed by atoms with Crippen LogP contribution in [0.4, 0.5) is 0 Å². The first-order chi connectivity index (χ1) is 20.4. The van der Waals surface area contributed by atoms with E-state index in [2.05, 4.69) is 0 Å². The van der Waals surface area contributed by atoms with Gasteiger partial charge < -0.3 is 64.9 Å². The van der Waals surface area contributed by atoms with E-state index in [0.717, 1.165) is 12.1 Å². The minimum absolute atomic E-state index is 0.0835. The van der Waals surface area contributed by atoms with E-state index in [4.69, 9.17) is 18.9 Å². The fourth-order valence-corrected chi connectivity index (χ4v) is 5.40. The maximum atomic E-state index is 12.9. The van der Waals surface area contributed by atoms with E-state index in [9.17, 15) is 50.8 Å². The number of aliphatic hydroxyl groups excluding tert-OH is 6. The van der Waals surface area contributed by atoms with Gasteiger partial charge in [-0.15, -0.1) is 0 Å². The van der Waals surface area contributed by atoms with Crippen LogP contribution in [0.15, 0.2) is 30.3 Å². The second-order valence-corrected chi connectivity index (χ2v) is 10.9. The SMILES string of the molecule is COc1ccc(CCC(=O)c2c(O)cc(O[C@@H]3C[C@H](CO)[C@@H](O)[C@H](O)[C@H]3O[C@H]3O[C@H](C)[C@@H](O)[C@H](O)[C@@H]3O)cc2O)cc1O. The Balaban J connectivity index is 1.51. The van der Waals surface area contributed by atoms with Gasteiger partial charge in [-0.3, -0.25) is 4.79 Å². The molecule has 14 heteroatoms. The second-order valence-electron chi connectivity index (χ2n) is 10.9. The number of phenols is 3. The molecule has 0 unspecified atom stereocenters. The average Bonchev–Trinajstić information content (AvgIpc) is 2.96. The predicted molar refractivity (Wildman–Crippen MR) is 146 cm³/mol. The summed E-state index contributed by atoms with van der Waals surface area (Å²) >= 11 is 0. The van der Waals surface area contributed by atoms with Crippen molar-refractivity contribution in [1.29, 1.82) is 0 Å². The standard InChI is InChI=1S/C29H38O14/c1-12-23(35)25(37)27(39)29(41-12)43-28-21(8-14(11-30)24(36)26(28)38)42-15-9-18(33)22(19(34)10-15)16(31)5-3-13-4-6-20(40-2)17(32)7-13/h4,6-7,9-10,12,14,21,23-30,32-39H,3,5,8,11H2,1-2H3/t12-,14-,21-,23-,24-,25+,26+,27+,28+,29-/m1/s1. The molecule has 0 spiro atoms. The number of aryl methyl sites for hydroxylation is 1. The molecule has 0 amide bonds. The van der Waals surface area contributed by atoms with Crippen molar-refractivity contribution in [1.82, 2.24) is 0 Å². The van der Waals surface area contributed by atoms with Crippen LogP contribution in [0.5, 0.6) is 28.7 Å². The molecule has 2 aromatic carbocycles. The third-order valence-corrected chi connectivity index (χ3v) is 7.93. The van der Waals surface area contributed by atoms with E-state index in [1.54, 1.807) is 12.1 Å². The number of carbonyl (C=O) groups is 1. The van der Waals surface area contributed by atoms with Gasteiger partial charge in [0.2, 0.25) is 0 Å². The van der Waals surface area contributed by atoms with Gasteiger partial charge in [0.25, 0.3) is 0 Å². The van der Waals surface area contributed by atoms with Crippen LogP contribution < -0.4 is 9.47 Å². The van der Waals surface area contributed by atoms with E-state index in [0.29, 0.717) is 5.56 Å². The molecule has 0 aromatic heterocycles. The number of ether oxygens (including phenoxy) is 4. The van der Waals surface area contributed by atoms with Gasteiger partial charge in [0.05, 0.1) is 19.3 Å². The van der Waals surface area contributed by atoms with Crippen LogP contribution in [-0.4, -0.2) is 121 Å². The summed E-state index contributed by atoms with van der Waals surface area (Å²) in [6, 6.07) is 6.79. The molecular weight excluding hydrogens is 572 g/mol. The monoisotopic (exact) mass is 610 g/mol. The molecule has 238 valence electrons. The summed E-state index contributed by atoms with van der Waals surface area (Å²) in [7, 11) is 1.41. The zero-order valence-electron chi connectivity index (χ0n) is 23.6. The number of carbonyl (C=O) groups excluding carboxylic acids is 1. The molecule has 1 aliphatic heterocycles. The van der Waals surface area contributed by atoms with Crippen molar-refractivity contribution in [2.45, 2.75) is 81.3 Å². The van der Waals surface area contributed by atoms with Crippen LogP contribution >= 0.6 is 0 Å². The number of Topliss-reactive ketones (excluding diaryl/α,β-unsaturated/α-hetero) is 1. The van der Waals surface area contributed by atoms with Gasteiger partial charge in [-0.1, -0.05) is 6.07 Å². The first kappa shape index (κ1) is 32.7. The highest BCUT2D eigenvalue weighted by molar-refractivity contribution is 6.01. The summed E-state index contributed by atoms with van der Waals surface area (Å²) in [6.07, 6.45) is -12.9. The quantitative estimate of drug-likeness (QED) is 0.152. The Bertz CT molecular complexity index is 1250. The number of hydrogen-bond donors (Lipinski definition) is 9. The summed E-state index contributed by atoms with van der Waals surface area (Å²) < 4.78 is 22.1. The Kier molecular flexibility index (Phi) is 10.4. The van der Waals surface area contributed by atoms with E-state index >= 15 is 0 Å². The van der Waals surface area contributed by atoms with Gasteiger partial charge in [-0.25, -0.2) is 0 Å². The van der Waals surface area contributed by atoms with Crippen molar-refractivity contribution in [3.63, 3.8) is 0 Å². The first-order valence-corrected chi connectivity index (χ1v) is 13.8. The Morgan fingerprint density at radius 1 is 0.907 bits per heavy atom. The Morgan fingerprint density at radius 2 is 1.58 bits per heavy atom. The minimum Gasteiger partial charge on any atom is -0.507 e. The highest BCUT2D eigenvalue weighted by Crippen LogP contribution is 2.38. The average molecular weight is 611 g/mol. The van der Waals surface area contributed by atoms with Gasteiger partial charge in [0, 0.05) is 31.1 Å². The zero-order chi connectivity index (χ0) is 31.6. The molecule has 10 atom stereocenters. The van der Waals surface area contributed by atoms with Crippen molar-refractivity contribution >= 4 is 5.78 Å². The molecule has 1 heterocycles. The molecule has 2 aromatic rings. The summed E-state index contributed by atoms with van der Waals surface area (Å²) in [5.74, 6) is -2.61. The molecule has 0 bridgehead atoms. The Hall–Kier alpha value is -3.21. The highest BCUT2D eigenvalue weighted by Gasteiger charge is 2.50. The molecule has 1 aliphatic carbocycles. The Labute approximate surface area is 246 Å². The third kappa shape index (κ3) is 6.97. The number of phenolic OH excluding ortho intramolecular Hbond substituents is 3.